The second-order valence-corrected chi connectivity index (χ2v) is 8.53. The largest absolute Gasteiger partial charge is 0.253 e. The van der Waals surface area contributed by atoms with E-state index in [1.54, 1.807) is 22.7 Å². The van der Waals surface area contributed by atoms with E-state index in [9.17, 15) is 8.78 Å². The third-order valence-corrected chi connectivity index (χ3v) is 6.39. The lowest BCUT2D eigenvalue weighted by Crippen LogP contribution is -2.06. The quantitative estimate of drug-likeness (QED) is 0.329. The molecule has 0 radical (unpaired) electrons. The number of fused-ring (bicyclic) bond motifs is 1. The molecule has 2 heterocycles. The second-order valence-electron chi connectivity index (χ2n) is 6.77. The summed E-state index contributed by atoms with van der Waals surface area (Å²) in [5.41, 5.74) is 3.81. The number of hydrogen-bond donors (Lipinski definition) is 0. The molecule has 154 valence electrons. The SMILES string of the molecule is Cc1nc2nc(SCc3c(F)cccc3Cl)nn2c(C)c1Cc1ccc(F)cc1Cl. The van der Waals surface area contributed by atoms with Gasteiger partial charge in [-0.25, -0.2) is 18.3 Å². The average Bonchev–Trinajstić information content (AvgIpc) is 3.09. The number of nitrogens with zero attached hydrogens (tertiary/aromatic N) is 4. The van der Waals surface area contributed by atoms with Crippen LogP contribution in [-0.4, -0.2) is 19.6 Å². The van der Waals surface area contributed by atoms with Crippen LogP contribution in [0.5, 0.6) is 0 Å². The number of rotatable bonds is 5. The van der Waals surface area contributed by atoms with Crippen molar-refractivity contribution in [3.05, 3.63) is 86.2 Å². The molecule has 0 spiro atoms. The number of hydrogen-bond acceptors (Lipinski definition) is 4. The summed E-state index contributed by atoms with van der Waals surface area (Å²) in [5.74, 6) is 0.0282. The Bertz CT molecular complexity index is 1240. The Morgan fingerprint density at radius 3 is 2.53 bits per heavy atom. The van der Waals surface area contributed by atoms with Crippen LogP contribution >= 0.6 is 35.0 Å². The Labute approximate surface area is 186 Å². The van der Waals surface area contributed by atoms with E-state index in [2.05, 4.69) is 15.1 Å². The summed E-state index contributed by atoms with van der Waals surface area (Å²) in [4.78, 5) is 9.00. The highest BCUT2D eigenvalue weighted by Crippen LogP contribution is 2.28. The number of aryl methyl sites for hydroxylation is 2. The summed E-state index contributed by atoms with van der Waals surface area (Å²) in [6.45, 7) is 3.81. The van der Waals surface area contributed by atoms with Gasteiger partial charge in [-0.2, -0.15) is 4.98 Å². The molecular formula is C21H16Cl2F2N4S. The van der Waals surface area contributed by atoms with E-state index in [1.807, 2.05) is 13.8 Å². The number of benzene rings is 2. The third kappa shape index (κ3) is 4.15. The highest BCUT2D eigenvalue weighted by molar-refractivity contribution is 7.98. The lowest BCUT2D eigenvalue weighted by molar-refractivity contribution is 0.617. The molecule has 2 aromatic carbocycles. The van der Waals surface area contributed by atoms with Crippen molar-refractivity contribution in [1.82, 2.24) is 19.6 Å². The lowest BCUT2D eigenvalue weighted by Gasteiger charge is -2.11. The molecule has 0 aliphatic carbocycles. The Balaban J connectivity index is 1.64. The fourth-order valence-electron chi connectivity index (χ4n) is 3.17. The summed E-state index contributed by atoms with van der Waals surface area (Å²) in [5, 5.41) is 5.72. The van der Waals surface area contributed by atoms with E-state index >= 15 is 0 Å². The fraction of sp³-hybridized carbons (Fsp3) is 0.190. The minimum Gasteiger partial charge on any atom is -0.216 e. The molecule has 0 fully saturated rings. The predicted octanol–water partition coefficient (Wildman–Crippen LogP) is 6.21. The van der Waals surface area contributed by atoms with Gasteiger partial charge in [-0.3, -0.25) is 0 Å². The van der Waals surface area contributed by atoms with Crippen LogP contribution in [0.25, 0.3) is 5.78 Å². The smallest absolute Gasteiger partial charge is 0.216 e. The molecule has 0 atom stereocenters. The summed E-state index contributed by atoms with van der Waals surface area (Å²) < 4.78 is 29.0. The van der Waals surface area contributed by atoms with Gasteiger partial charge in [0.25, 0.3) is 5.78 Å². The monoisotopic (exact) mass is 464 g/mol. The van der Waals surface area contributed by atoms with Crippen LogP contribution in [0.15, 0.2) is 41.6 Å². The third-order valence-electron chi connectivity index (χ3n) is 4.82. The van der Waals surface area contributed by atoms with Crippen LogP contribution in [0.2, 0.25) is 10.0 Å². The van der Waals surface area contributed by atoms with Gasteiger partial charge in [0.15, 0.2) is 0 Å². The summed E-state index contributed by atoms with van der Waals surface area (Å²) in [6, 6.07) is 8.95. The molecule has 0 unspecified atom stereocenters. The molecule has 30 heavy (non-hydrogen) atoms. The first-order chi connectivity index (χ1) is 14.3. The lowest BCUT2D eigenvalue weighted by atomic mass is 10.0. The average molecular weight is 465 g/mol. The Kier molecular flexibility index (Phi) is 5.95. The topological polar surface area (TPSA) is 43.1 Å². The van der Waals surface area contributed by atoms with Crippen LogP contribution in [0.1, 0.15) is 28.1 Å². The van der Waals surface area contributed by atoms with E-state index in [0.717, 1.165) is 22.5 Å². The van der Waals surface area contributed by atoms with Gasteiger partial charge >= 0.3 is 0 Å². The van der Waals surface area contributed by atoms with Crippen molar-refractivity contribution in [1.29, 1.82) is 0 Å². The van der Waals surface area contributed by atoms with Gasteiger partial charge in [0.1, 0.15) is 11.6 Å². The Morgan fingerprint density at radius 2 is 1.80 bits per heavy atom. The van der Waals surface area contributed by atoms with Crippen LogP contribution in [0.4, 0.5) is 8.78 Å². The molecule has 0 aliphatic rings. The predicted molar refractivity (Wildman–Crippen MR) is 115 cm³/mol. The highest BCUT2D eigenvalue weighted by atomic mass is 35.5. The van der Waals surface area contributed by atoms with Crippen LogP contribution in [0.3, 0.4) is 0 Å². The van der Waals surface area contributed by atoms with Gasteiger partial charge in [-0.05, 0) is 49.2 Å². The van der Waals surface area contributed by atoms with Crippen molar-refractivity contribution in [2.75, 3.05) is 0 Å². The zero-order chi connectivity index (χ0) is 21.4. The first-order valence-electron chi connectivity index (χ1n) is 9.06. The first-order valence-corrected chi connectivity index (χ1v) is 10.8. The maximum atomic E-state index is 14.0. The molecular weight excluding hydrogens is 449 g/mol. The maximum Gasteiger partial charge on any atom is 0.253 e. The maximum absolute atomic E-state index is 14.0. The Hall–Kier alpha value is -2.22. The molecule has 0 bridgehead atoms. The molecule has 2 aromatic heterocycles. The van der Waals surface area contributed by atoms with Gasteiger partial charge in [0, 0.05) is 39.2 Å². The molecule has 0 saturated carbocycles. The van der Waals surface area contributed by atoms with E-state index in [1.165, 1.54) is 30.0 Å². The van der Waals surface area contributed by atoms with Crippen molar-refractivity contribution < 1.29 is 8.78 Å². The van der Waals surface area contributed by atoms with Gasteiger partial charge in [0.05, 0.1) is 0 Å². The summed E-state index contributed by atoms with van der Waals surface area (Å²) in [6.07, 6.45) is 0.493. The minimum atomic E-state index is -0.376. The zero-order valence-corrected chi connectivity index (χ0v) is 18.4. The minimum absolute atomic E-state index is 0.304. The van der Waals surface area contributed by atoms with Crippen LogP contribution in [-0.2, 0) is 12.2 Å². The van der Waals surface area contributed by atoms with Gasteiger partial charge in [-0.15, -0.1) is 5.10 Å². The van der Waals surface area contributed by atoms with Crippen molar-refractivity contribution in [2.45, 2.75) is 31.2 Å². The van der Waals surface area contributed by atoms with Crippen molar-refractivity contribution >= 4 is 40.7 Å². The normalized spacial score (nSPS) is 11.4. The summed E-state index contributed by atoms with van der Waals surface area (Å²) >= 11 is 13.6. The molecule has 9 heteroatoms. The number of aromatic nitrogens is 4. The van der Waals surface area contributed by atoms with E-state index in [4.69, 9.17) is 23.2 Å². The van der Waals surface area contributed by atoms with Gasteiger partial charge in [0.2, 0.25) is 5.16 Å². The van der Waals surface area contributed by atoms with Gasteiger partial charge < -0.3 is 0 Å². The molecule has 4 aromatic rings. The van der Waals surface area contributed by atoms with Crippen LogP contribution in [0, 0.1) is 25.5 Å². The van der Waals surface area contributed by atoms with Gasteiger partial charge in [-0.1, -0.05) is 47.1 Å². The number of halogens is 4. The standard InChI is InChI=1S/C21H16Cl2F2N4S/c1-11-15(8-13-6-7-14(24)9-18(13)23)12(2)29-20(26-11)27-21(28-29)30-10-16-17(22)4-3-5-19(16)25/h3-7,9H,8,10H2,1-2H3. The Morgan fingerprint density at radius 1 is 1.00 bits per heavy atom. The molecule has 4 nitrogen and oxygen atoms in total. The second kappa shape index (κ2) is 8.49. The molecule has 4 rings (SSSR count). The summed E-state index contributed by atoms with van der Waals surface area (Å²) in [7, 11) is 0. The van der Waals surface area contributed by atoms with Crippen LogP contribution < -0.4 is 0 Å². The van der Waals surface area contributed by atoms with E-state index in [0.29, 0.717) is 38.7 Å². The van der Waals surface area contributed by atoms with E-state index < -0.39 is 0 Å². The van der Waals surface area contributed by atoms with E-state index in [-0.39, 0.29) is 11.6 Å². The highest BCUT2D eigenvalue weighted by Gasteiger charge is 2.16. The molecule has 0 amide bonds. The van der Waals surface area contributed by atoms with Crippen molar-refractivity contribution in [3.8, 4) is 0 Å². The molecule has 0 saturated heterocycles. The fourth-order valence-corrected chi connectivity index (χ4v) is 4.56. The molecule has 0 aliphatic heterocycles. The van der Waals surface area contributed by atoms with Crippen molar-refractivity contribution in [2.24, 2.45) is 0 Å². The van der Waals surface area contributed by atoms with Crippen molar-refractivity contribution in [3.63, 3.8) is 0 Å². The zero-order valence-electron chi connectivity index (χ0n) is 16.1. The first kappa shape index (κ1) is 21.0. The molecule has 0 N–H and O–H groups in total. The number of thioether (sulfide) groups is 1.